The van der Waals surface area contributed by atoms with Crippen LogP contribution >= 0.6 is 11.6 Å². The molecule has 0 heterocycles. The van der Waals surface area contributed by atoms with Gasteiger partial charge < -0.3 is 9.84 Å². The van der Waals surface area contributed by atoms with E-state index in [9.17, 15) is 17.9 Å². The number of halogens is 2. The Bertz CT molecular complexity index is 563. The molecule has 1 aromatic rings. The second-order valence-electron chi connectivity index (χ2n) is 4.64. The zero-order chi connectivity index (χ0) is 15.4. The lowest BCUT2D eigenvalue weighted by atomic mass is 10.0. The lowest BCUT2D eigenvalue weighted by Gasteiger charge is -2.23. The third-order valence-corrected chi connectivity index (χ3v) is 4.34. The molecule has 20 heavy (non-hydrogen) atoms. The van der Waals surface area contributed by atoms with Gasteiger partial charge in [0.15, 0.2) is 0 Å². The Morgan fingerprint density at radius 3 is 2.70 bits per heavy atom. The van der Waals surface area contributed by atoms with Crippen molar-refractivity contribution in [2.45, 2.75) is 23.8 Å². The molecule has 1 atom stereocenters. The van der Waals surface area contributed by atoms with E-state index in [2.05, 4.69) is 4.72 Å². The van der Waals surface area contributed by atoms with Gasteiger partial charge in [-0.05, 0) is 25.1 Å². The summed E-state index contributed by atoms with van der Waals surface area (Å²) in [6.07, 6.45) is 0.245. The highest BCUT2D eigenvalue weighted by atomic mass is 35.5. The van der Waals surface area contributed by atoms with Crippen molar-refractivity contribution in [3.63, 3.8) is 0 Å². The van der Waals surface area contributed by atoms with Crippen LogP contribution in [0.2, 0.25) is 5.02 Å². The molecule has 1 unspecified atom stereocenters. The number of ether oxygens (including phenoxy) is 1. The highest BCUT2D eigenvalue weighted by Gasteiger charge is 2.25. The van der Waals surface area contributed by atoms with Crippen LogP contribution in [0.25, 0.3) is 0 Å². The van der Waals surface area contributed by atoms with Crippen LogP contribution in [0.3, 0.4) is 0 Å². The molecule has 0 spiro atoms. The summed E-state index contributed by atoms with van der Waals surface area (Å²) >= 11 is 5.56. The third-order valence-electron chi connectivity index (χ3n) is 2.67. The van der Waals surface area contributed by atoms with Crippen molar-refractivity contribution >= 4 is 21.6 Å². The second kappa shape index (κ2) is 6.82. The molecule has 0 aliphatic rings. The summed E-state index contributed by atoms with van der Waals surface area (Å²) in [5, 5.41) is 10.1. The van der Waals surface area contributed by atoms with Crippen LogP contribution in [-0.2, 0) is 14.8 Å². The quantitative estimate of drug-likeness (QED) is 0.797. The van der Waals surface area contributed by atoms with Gasteiger partial charge in [0.25, 0.3) is 0 Å². The summed E-state index contributed by atoms with van der Waals surface area (Å²) in [7, 11) is -2.57. The van der Waals surface area contributed by atoms with Gasteiger partial charge in [0.05, 0.1) is 5.60 Å². The Labute approximate surface area is 122 Å². The lowest BCUT2D eigenvalue weighted by Crippen LogP contribution is -2.41. The molecule has 1 rings (SSSR count). The fraction of sp³-hybridized carbons (Fsp3) is 0.500. The van der Waals surface area contributed by atoms with E-state index in [4.69, 9.17) is 16.3 Å². The van der Waals surface area contributed by atoms with E-state index in [0.29, 0.717) is 0 Å². The van der Waals surface area contributed by atoms with Gasteiger partial charge in [0.2, 0.25) is 10.0 Å². The zero-order valence-corrected chi connectivity index (χ0v) is 12.8. The van der Waals surface area contributed by atoms with Crippen molar-refractivity contribution in [2.24, 2.45) is 0 Å². The first-order valence-electron chi connectivity index (χ1n) is 5.84. The van der Waals surface area contributed by atoms with E-state index in [-0.39, 0.29) is 24.6 Å². The normalized spacial score (nSPS) is 15.1. The van der Waals surface area contributed by atoms with Gasteiger partial charge in [0.1, 0.15) is 10.7 Å². The lowest BCUT2D eigenvalue weighted by molar-refractivity contribution is 0.0292. The minimum absolute atomic E-state index is 0.105. The van der Waals surface area contributed by atoms with Crippen LogP contribution in [0.15, 0.2) is 23.1 Å². The van der Waals surface area contributed by atoms with Gasteiger partial charge in [-0.15, -0.1) is 0 Å². The van der Waals surface area contributed by atoms with Crippen LogP contribution in [0.5, 0.6) is 0 Å². The van der Waals surface area contributed by atoms with Gasteiger partial charge in [-0.1, -0.05) is 11.6 Å². The van der Waals surface area contributed by atoms with Crippen molar-refractivity contribution in [1.29, 1.82) is 0 Å². The Kier molecular flexibility index (Phi) is 5.91. The van der Waals surface area contributed by atoms with Crippen molar-refractivity contribution in [3.05, 3.63) is 29.0 Å². The van der Waals surface area contributed by atoms with Gasteiger partial charge in [-0.2, -0.15) is 0 Å². The van der Waals surface area contributed by atoms with E-state index in [1.807, 2.05) is 0 Å². The first-order chi connectivity index (χ1) is 9.18. The van der Waals surface area contributed by atoms with E-state index >= 15 is 0 Å². The number of hydrogen-bond donors (Lipinski definition) is 2. The number of sulfonamides is 1. The van der Waals surface area contributed by atoms with Crippen LogP contribution in [-0.4, -0.2) is 39.4 Å². The molecule has 0 aromatic heterocycles. The van der Waals surface area contributed by atoms with Crippen molar-refractivity contribution in [2.75, 3.05) is 20.3 Å². The van der Waals surface area contributed by atoms with Crippen molar-refractivity contribution in [1.82, 2.24) is 4.72 Å². The van der Waals surface area contributed by atoms with Gasteiger partial charge >= 0.3 is 0 Å². The van der Waals surface area contributed by atoms with Crippen molar-refractivity contribution in [3.8, 4) is 0 Å². The van der Waals surface area contributed by atoms with Crippen LogP contribution in [0.4, 0.5) is 4.39 Å². The molecule has 5 nitrogen and oxygen atoms in total. The Morgan fingerprint density at radius 2 is 2.15 bits per heavy atom. The minimum atomic E-state index is -4.05. The number of nitrogens with one attached hydrogen (secondary N) is 1. The van der Waals surface area contributed by atoms with Crippen LogP contribution < -0.4 is 4.72 Å². The number of benzene rings is 1. The molecule has 1 aromatic carbocycles. The maximum Gasteiger partial charge on any atom is 0.243 e. The fourth-order valence-corrected chi connectivity index (χ4v) is 2.81. The Morgan fingerprint density at radius 1 is 1.50 bits per heavy atom. The summed E-state index contributed by atoms with van der Waals surface area (Å²) in [5.41, 5.74) is -1.29. The average Bonchev–Trinajstić information content (AvgIpc) is 2.34. The summed E-state index contributed by atoms with van der Waals surface area (Å²) in [4.78, 5) is -0.510. The molecule has 0 amide bonds. The Hall–Kier alpha value is -0.730. The van der Waals surface area contributed by atoms with Crippen LogP contribution in [0, 0.1) is 5.82 Å². The minimum Gasteiger partial charge on any atom is -0.389 e. The van der Waals surface area contributed by atoms with E-state index in [0.717, 1.165) is 12.1 Å². The molecule has 8 heteroatoms. The molecule has 0 aliphatic heterocycles. The summed E-state index contributed by atoms with van der Waals surface area (Å²) in [6.45, 7) is 1.50. The predicted molar refractivity (Wildman–Crippen MR) is 73.7 cm³/mol. The molecule has 0 saturated heterocycles. The zero-order valence-electron chi connectivity index (χ0n) is 11.2. The second-order valence-corrected chi connectivity index (χ2v) is 6.81. The molecule has 114 valence electrons. The maximum atomic E-state index is 13.6. The topological polar surface area (TPSA) is 75.6 Å². The molecular weight excluding hydrogens is 309 g/mol. The van der Waals surface area contributed by atoms with Gasteiger partial charge in [-0.25, -0.2) is 17.5 Å². The standard InChI is InChI=1S/C12H17ClFNO4S/c1-12(16,5-6-19-2)8-15-20(17,18)11-4-3-9(13)7-10(11)14/h3-4,7,15-16H,5-6,8H2,1-2H3. The first kappa shape index (κ1) is 17.3. The number of aliphatic hydroxyl groups is 1. The summed E-state index contributed by atoms with van der Waals surface area (Å²) in [6, 6.07) is 3.27. The van der Waals surface area contributed by atoms with E-state index in [1.54, 1.807) is 0 Å². The van der Waals surface area contributed by atoms with Gasteiger partial charge in [-0.3, -0.25) is 0 Å². The molecule has 0 bridgehead atoms. The van der Waals surface area contributed by atoms with Crippen molar-refractivity contribution < 1.29 is 22.7 Å². The summed E-state index contributed by atoms with van der Waals surface area (Å²) < 4.78 is 44.5. The predicted octanol–water partition coefficient (Wildman–Crippen LogP) is 1.54. The van der Waals surface area contributed by atoms with E-state index in [1.165, 1.54) is 20.1 Å². The van der Waals surface area contributed by atoms with E-state index < -0.39 is 26.3 Å². The SMILES string of the molecule is COCCC(C)(O)CNS(=O)(=O)c1ccc(Cl)cc1F. The third kappa shape index (κ3) is 4.99. The monoisotopic (exact) mass is 325 g/mol. The molecule has 0 fully saturated rings. The number of methoxy groups -OCH3 is 1. The number of rotatable bonds is 7. The molecule has 0 radical (unpaired) electrons. The smallest absolute Gasteiger partial charge is 0.243 e. The fourth-order valence-electron chi connectivity index (χ4n) is 1.43. The molecular formula is C12H17ClFNO4S. The van der Waals surface area contributed by atoms with Gasteiger partial charge in [0, 0.05) is 31.7 Å². The Balaban J connectivity index is 2.80. The largest absolute Gasteiger partial charge is 0.389 e. The highest BCUT2D eigenvalue weighted by molar-refractivity contribution is 7.89. The molecule has 2 N–H and O–H groups in total. The number of hydrogen-bond acceptors (Lipinski definition) is 4. The highest BCUT2D eigenvalue weighted by Crippen LogP contribution is 2.19. The summed E-state index contributed by atoms with van der Waals surface area (Å²) in [5.74, 6) is -0.943. The first-order valence-corrected chi connectivity index (χ1v) is 7.70. The molecule has 0 aliphatic carbocycles. The molecule has 0 saturated carbocycles. The van der Waals surface area contributed by atoms with Crippen LogP contribution in [0.1, 0.15) is 13.3 Å². The maximum absolute atomic E-state index is 13.6. The average molecular weight is 326 g/mol.